The molecule has 0 radical (unpaired) electrons. The summed E-state index contributed by atoms with van der Waals surface area (Å²) in [6.07, 6.45) is 2.77. The molecule has 6 nitrogen and oxygen atoms in total. The lowest BCUT2D eigenvalue weighted by Crippen LogP contribution is -2.38. The average molecular weight is 466 g/mol. The van der Waals surface area contributed by atoms with Gasteiger partial charge in [-0.15, -0.1) is 0 Å². The molecule has 2 N–H and O–H groups in total. The van der Waals surface area contributed by atoms with Crippen molar-refractivity contribution < 1.29 is 14.3 Å². The summed E-state index contributed by atoms with van der Waals surface area (Å²) in [7, 11) is 1.66. The minimum Gasteiger partial charge on any atom is -0.383 e. The van der Waals surface area contributed by atoms with Gasteiger partial charge in [0.25, 0.3) is 11.8 Å². The largest absolute Gasteiger partial charge is 0.383 e. The van der Waals surface area contributed by atoms with Crippen molar-refractivity contribution in [2.24, 2.45) is 0 Å². The van der Waals surface area contributed by atoms with E-state index in [-0.39, 0.29) is 17.9 Å². The van der Waals surface area contributed by atoms with E-state index in [0.29, 0.717) is 30.2 Å². The molecule has 0 aromatic heterocycles. The smallest absolute Gasteiger partial charge is 0.254 e. The quantitative estimate of drug-likeness (QED) is 0.486. The third kappa shape index (κ3) is 7.15. The Labute approximate surface area is 204 Å². The lowest BCUT2D eigenvalue weighted by molar-refractivity contribution is 0.0630. The normalized spacial score (nSPS) is 15.7. The fraction of sp³-hybridized carbons (Fsp3) is 0.500. The van der Waals surface area contributed by atoms with Crippen LogP contribution in [-0.4, -0.2) is 56.1 Å². The Morgan fingerprint density at radius 3 is 2.68 bits per heavy atom. The zero-order valence-electron chi connectivity index (χ0n) is 21.0. The van der Waals surface area contributed by atoms with E-state index in [4.69, 9.17) is 4.74 Å². The maximum Gasteiger partial charge on any atom is 0.254 e. The van der Waals surface area contributed by atoms with Crippen molar-refractivity contribution in [3.8, 4) is 0 Å². The number of nitrogens with zero attached hydrogens (tertiary/aromatic N) is 1. The standard InChI is InChI=1S/C28H39N3O3/c1-20(2)23-9-5-8-22(16-23)18-29-11-7-12-30-27(32)24-14-21(3)15-25(17-24)28(33)31-13-6-10-26(31)19-34-4/h5,8-9,14-17,20,26,29H,6-7,10-13,18-19H2,1-4H3,(H,30,32). The molecule has 0 aliphatic carbocycles. The van der Waals surface area contributed by atoms with Crippen molar-refractivity contribution >= 4 is 11.8 Å². The van der Waals surface area contributed by atoms with Crippen LogP contribution in [0.1, 0.15) is 76.4 Å². The van der Waals surface area contributed by atoms with Crippen LogP contribution in [0.4, 0.5) is 0 Å². The van der Waals surface area contributed by atoms with Gasteiger partial charge in [0.2, 0.25) is 0 Å². The molecule has 1 unspecified atom stereocenters. The Bertz CT molecular complexity index is 973. The van der Waals surface area contributed by atoms with Crippen molar-refractivity contribution in [1.29, 1.82) is 0 Å². The summed E-state index contributed by atoms with van der Waals surface area (Å²) in [4.78, 5) is 27.7. The van der Waals surface area contributed by atoms with Gasteiger partial charge in [-0.1, -0.05) is 38.1 Å². The van der Waals surface area contributed by atoms with Gasteiger partial charge in [-0.3, -0.25) is 9.59 Å². The molecule has 2 amide bonds. The van der Waals surface area contributed by atoms with Crippen LogP contribution in [0.3, 0.4) is 0 Å². The molecular weight excluding hydrogens is 426 g/mol. The van der Waals surface area contributed by atoms with E-state index in [1.807, 2.05) is 24.0 Å². The van der Waals surface area contributed by atoms with E-state index in [1.54, 1.807) is 13.2 Å². The second-order valence-corrected chi connectivity index (χ2v) is 9.52. The highest BCUT2D eigenvalue weighted by Crippen LogP contribution is 2.22. The van der Waals surface area contributed by atoms with Crippen molar-refractivity contribution in [2.45, 2.75) is 58.5 Å². The van der Waals surface area contributed by atoms with Gasteiger partial charge in [0.15, 0.2) is 0 Å². The first kappa shape index (κ1) is 25.9. The highest BCUT2D eigenvalue weighted by Gasteiger charge is 2.29. The Morgan fingerprint density at radius 2 is 1.91 bits per heavy atom. The fourth-order valence-corrected chi connectivity index (χ4v) is 4.48. The van der Waals surface area contributed by atoms with Crippen LogP contribution in [0.25, 0.3) is 0 Å². The molecule has 0 saturated carbocycles. The predicted molar refractivity (Wildman–Crippen MR) is 136 cm³/mol. The van der Waals surface area contributed by atoms with E-state index < -0.39 is 0 Å². The molecule has 6 heteroatoms. The third-order valence-corrected chi connectivity index (χ3v) is 6.35. The summed E-state index contributed by atoms with van der Waals surface area (Å²) in [5.41, 5.74) is 4.63. The van der Waals surface area contributed by atoms with Crippen LogP contribution in [0.2, 0.25) is 0 Å². The zero-order chi connectivity index (χ0) is 24.5. The number of likely N-dealkylation sites (tertiary alicyclic amines) is 1. The molecule has 34 heavy (non-hydrogen) atoms. The van der Waals surface area contributed by atoms with E-state index in [9.17, 15) is 9.59 Å². The number of hydrogen-bond acceptors (Lipinski definition) is 4. The Morgan fingerprint density at radius 1 is 1.12 bits per heavy atom. The summed E-state index contributed by atoms with van der Waals surface area (Å²) in [6, 6.07) is 14.2. The minimum atomic E-state index is -0.141. The topological polar surface area (TPSA) is 70.7 Å². The van der Waals surface area contributed by atoms with Gasteiger partial charge in [0.1, 0.15) is 0 Å². The molecule has 0 spiro atoms. The minimum absolute atomic E-state index is 0.0250. The highest BCUT2D eigenvalue weighted by molar-refractivity contribution is 6.00. The Hall–Kier alpha value is -2.70. The summed E-state index contributed by atoms with van der Waals surface area (Å²) in [5.74, 6) is 0.356. The van der Waals surface area contributed by atoms with E-state index in [1.165, 1.54) is 11.1 Å². The predicted octanol–water partition coefficient (Wildman–Crippen LogP) is 4.28. The first-order valence-electron chi connectivity index (χ1n) is 12.4. The maximum absolute atomic E-state index is 13.1. The van der Waals surface area contributed by atoms with Crippen LogP contribution < -0.4 is 10.6 Å². The van der Waals surface area contributed by atoms with Crippen molar-refractivity contribution in [3.63, 3.8) is 0 Å². The van der Waals surface area contributed by atoms with Gasteiger partial charge in [-0.05, 0) is 73.5 Å². The van der Waals surface area contributed by atoms with E-state index >= 15 is 0 Å². The first-order chi connectivity index (χ1) is 16.4. The lowest BCUT2D eigenvalue weighted by Gasteiger charge is -2.24. The summed E-state index contributed by atoms with van der Waals surface area (Å²) >= 11 is 0. The zero-order valence-corrected chi connectivity index (χ0v) is 21.0. The van der Waals surface area contributed by atoms with E-state index in [2.05, 4.69) is 48.7 Å². The number of hydrogen-bond donors (Lipinski definition) is 2. The number of amides is 2. The molecule has 1 saturated heterocycles. The maximum atomic E-state index is 13.1. The van der Waals surface area contributed by atoms with Crippen LogP contribution in [0.15, 0.2) is 42.5 Å². The molecule has 2 aromatic carbocycles. The second-order valence-electron chi connectivity index (χ2n) is 9.52. The number of ether oxygens (including phenoxy) is 1. The van der Waals surface area contributed by atoms with Gasteiger partial charge in [0, 0.05) is 37.9 Å². The fourth-order valence-electron chi connectivity index (χ4n) is 4.48. The van der Waals surface area contributed by atoms with Crippen molar-refractivity contribution in [1.82, 2.24) is 15.5 Å². The van der Waals surface area contributed by atoms with Gasteiger partial charge in [-0.25, -0.2) is 0 Å². The lowest BCUT2D eigenvalue weighted by atomic mass is 10.0. The summed E-state index contributed by atoms with van der Waals surface area (Å²) in [5, 5.41) is 6.44. The molecule has 1 heterocycles. The number of benzene rings is 2. The summed E-state index contributed by atoms with van der Waals surface area (Å²) in [6.45, 7) is 9.82. The van der Waals surface area contributed by atoms with E-state index in [0.717, 1.165) is 44.5 Å². The molecule has 184 valence electrons. The van der Waals surface area contributed by atoms with Gasteiger partial charge >= 0.3 is 0 Å². The summed E-state index contributed by atoms with van der Waals surface area (Å²) < 4.78 is 5.28. The average Bonchev–Trinajstić information content (AvgIpc) is 3.29. The second kappa shape index (κ2) is 12.7. The monoisotopic (exact) mass is 465 g/mol. The van der Waals surface area contributed by atoms with Crippen molar-refractivity contribution in [2.75, 3.05) is 33.4 Å². The van der Waals surface area contributed by atoms with Crippen molar-refractivity contribution in [3.05, 3.63) is 70.3 Å². The SMILES string of the molecule is COCC1CCCN1C(=O)c1cc(C)cc(C(=O)NCCCNCc2cccc(C(C)C)c2)c1. The molecule has 1 aliphatic heterocycles. The molecule has 1 fully saturated rings. The Balaban J connectivity index is 1.47. The van der Waals surface area contributed by atoms with Crippen LogP contribution in [-0.2, 0) is 11.3 Å². The number of methoxy groups -OCH3 is 1. The molecule has 2 aromatic rings. The van der Waals surface area contributed by atoms with Gasteiger partial charge < -0.3 is 20.3 Å². The first-order valence-corrected chi connectivity index (χ1v) is 12.4. The molecular formula is C28H39N3O3. The van der Waals surface area contributed by atoms with Crippen LogP contribution in [0, 0.1) is 6.92 Å². The van der Waals surface area contributed by atoms with Crippen LogP contribution >= 0.6 is 0 Å². The molecule has 0 bridgehead atoms. The third-order valence-electron chi connectivity index (χ3n) is 6.35. The Kier molecular flexibility index (Phi) is 9.66. The molecule has 3 rings (SSSR count). The van der Waals surface area contributed by atoms with Gasteiger partial charge in [-0.2, -0.15) is 0 Å². The number of aryl methyl sites for hydroxylation is 1. The number of carbonyl (C=O) groups excluding carboxylic acids is 2. The number of carbonyl (C=O) groups is 2. The van der Waals surface area contributed by atoms with Crippen LogP contribution in [0.5, 0.6) is 0 Å². The molecule has 1 aliphatic rings. The number of nitrogens with one attached hydrogen (secondary N) is 2. The molecule has 1 atom stereocenters. The van der Waals surface area contributed by atoms with Gasteiger partial charge in [0.05, 0.1) is 12.6 Å². The number of rotatable bonds is 11. The highest BCUT2D eigenvalue weighted by atomic mass is 16.5.